The minimum atomic E-state index is -0.275. The maximum Gasteiger partial charge on any atom is 0.258 e. The summed E-state index contributed by atoms with van der Waals surface area (Å²) in [5.74, 6) is 0.102. The maximum absolute atomic E-state index is 11.9. The number of carbonyl (C=O) groups excluding carboxylic acids is 1. The Hall–Kier alpha value is -1.94. The molecule has 0 saturated carbocycles. The van der Waals surface area contributed by atoms with Crippen LogP contribution in [0.15, 0.2) is 30.6 Å². The molecule has 0 aromatic carbocycles. The lowest BCUT2D eigenvalue weighted by molar-refractivity contribution is 0.102. The summed E-state index contributed by atoms with van der Waals surface area (Å²) in [7, 11) is 0. The lowest BCUT2D eigenvalue weighted by Crippen LogP contribution is -2.14. The molecule has 1 N–H and O–H groups in total. The number of carbonyl (C=O) groups is 1. The van der Waals surface area contributed by atoms with Gasteiger partial charge in [-0.2, -0.15) is 0 Å². The number of pyridine rings is 2. The molecule has 2 aromatic rings. The number of aryl methyl sites for hydroxylation is 2. The molecule has 0 saturated heterocycles. The predicted octanol–water partition coefficient (Wildman–Crippen LogP) is 3.00. The number of halogens is 1. The van der Waals surface area contributed by atoms with Crippen LogP contribution in [0.2, 0.25) is 5.02 Å². The maximum atomic E-state index is 11.9. The Morgan fingerprint density at radius 3 is 2.83 bits per heavy atom. The van der Waals surface area contributed by atoms with E-state index in [1.54, 1.807) is 18.3 Å². The first-order chi connectivity index (χ1) is 8.58. The molecule has 1 amide bonds. The van der Waals surface area contributed by atoms with Gasteiger partial charge >= 0.3 is 0 Å². The first-order valence-electron chi connectivity index (χ1n) is 5.43. The van der Waals surface area contributed by atoms with E-state index in [4.69, 9.17) is 11.6 Å². The molecule has 0 bridgehead atoms. The van der Waals surface area contributed by atoms with Crippen molar-refractivity contribution in [3.63, 3.8) is 0 Å². The topological polar surface area (TPSA) is 54.9 Å². The lowest BCUT2D eigenvalue weighted by atomic mass is 10.2. The van der Waals surface area contributed by atoms with Gasteiger partial charge in [0.05, 0.1) is 10.6 Å². The van der Waals surface area contributed by atoms with Crippen LogP contribution in [0.1, 0.15) is 21.6 Å². The minimum Gasteiger partial charge on any atom is -0.305 e. The third-order valence-corrected chi connectivity index (χ3v) is 2.90. The van der Waals surface area contributed by atoms with Gasteiger partial charge in [-0.1, -0.05) is 11.6 Å². The summed E-state index contributed by atoms with van der Waals surface area (Å²) in [5.41, 5.74) is 2.15. The molecule has 0 atom stereocenters. The highest BCUT2D eigenvalue weighted by Gasteiger charge is 2.11. The van der Waals surface area contributed by atoms with Crippen molar-refractivity contribution in [1.82, 2.24) is 9.97 Å². The van der Waals surface area contributed by atoms with Gasteiger partial charge < -0.3 is 5.32 Å². The van der Waals surface area contributed by atoms with Crippen molar-refractivity contribution in [3.05, 3.63) is 52.4 Å². The van der Waals surface area contributed by atoms with Gasteiger partial charge in [-0.25, -0.2) is 4.98 Å². The van der Waals surface area contributed by atoms with Gasteiger partial charge in [0, 0.05) is 18.1 Å². The third kappa shape index (κ3) is 2.65. The van der Waals surface area contributed by atoms with E-state index in [0.29, 0.717) is 16.4 Å². The Labute approximate surface area is 110 Å². The van der Waals surface area contributed by atoms with Crippen molar-refractivity contribution in [3.8, 4) is 0 Å². The van der Waals surface area contributed by atoms with Crippen molar-refractivity contribution in [2.45, 2.75) is 13.8 Å². The Balaban J connectivity index is 2.28. The second-order valence-corrected chi connectivity index (χ2v) is 4.32. The normalized spacial score (nSPS) is 10.2. The monoisotopic (exact) mass is 261 g/mol. The first-order valence-corrected chi connectivity index (χ1v) is 5.81. The molecule has 0 radical (unpaired) electrons. The molecular formula is C13H12ClN3O. The van der Waals surface area contributed by atoms with Crippen molar-refractivity contribution in [2.24, 2.45) is 0 Å². The Kier molecular flexibility index (Phi) is 3.58. The van der Waals surface area contributed by atoms with E-state index in [1.807, 2.05) is 19.9 Å². The second-order valence-electron chi connectivity index (χ2n) is 3.94. The van der Waals surface area contributed by atoms with E-state index in [2.05, 4.69) is 15.3 Å². The van der Waals surface area contributed by atoms with Crippen LogP contribution in [-0.2, 0) is 0 Å². The summed E-state index contributed by atoms with van der Waals surface area (Å²) in [5, 5.41) is 3.14. The van der Waals surface area contributed by atoms with Crippen LogP contribution in [-0.4, -0.2) is 15.9 Å². The van der Waals surface area contributed by atoms with Gasteiger partial charge in [0.15, 0.2) is 5.82 Å². The van der Waals surface area contributed by atoms with Crippen LogP contribution in [0.25, 0.3) is 0 Å². The highest BCUT2D eigenvalue weighted by molar-refractivity contribution is 6.34. The van der Waals surface area contributed by atoms with Gasteiger partial charge in [0.25, 0.3) is 5.91 Å². The van der Waals surface area contributed by atoms with Crippen molar-refractivity contribution >= 4 is 23.3 Å². The van der Waals surface area contributed by atoms with E-state index < -0.39 is 0 Å². The van der Waals surface area contributed by atoms with Crippen molar-refractivity contribution < 1.29 is 4.79 Å². The minimum absolute atomic E-state index is 0.275. The highest BCUT2D eigenvalue weighted by Crippen LogP contribution is 2.24. The zero-order chi connectivity index (χ0) is 13.1. The van der Waals surface area contributed by atoms with E-state index in [9.17, 15) is 4.79 Å². The Bertz CT molecular complexity index is 584. The molecule has 2 aromatic heterocycles. The molecule has 0 aliphatic rings. The molecule has 2 heterocycles. The van der Waals surface area contributed by atoms with Gasteiger partial charge in [0.2, 0.25) is 0 Å². The summed E-state index contributed by atoms with van der Waals surface area (Å²) in [6.45, 7) is 3.72. The predicted molar refractivity (Wildman–Crippen MR) is 70.9 cm³/mol. The summed E-state index contributed by atoms with van der Waals surface area (Å²) in [4.78, 5) is 20.0. The van der Waals surface area contributed by atoms with E-state index in [0.717, 1.165) is 11.3 Å². The number of anilines is 1. The lowest BCUT2D eigenvalue weighted by Gasteiger charge is -2.09. The molecule has 0 spiro atoms. The molecule has 5 heteroatoms. The number of hydrogen-bond acceptors (Lipinski definition) is 3. The molecule has 4 nitrogen and oxygen atoms in total. The molecule has 0 aliphatic carbocycles. The average molecular weight is 262 g/mol. The summed E-state index contributed by atoms with van der Waals surface area (Å²) >= 11 is 6.10. The van der Waals surface area contributed by atoms with Crippen LogP contribution < -0.4 is 5.32 Å². The fraction of sp³-hybridized carbons (Fsp3) is 0.154. The largest absolute Gasteiger partial charge is 0.305 e. The van der Waals surface area contributed by atoms with E-state index in [-0.39, 0.29) is 5.91 Å². The van der Waals surface area contributed by atoms with Gasteiger partial charge in [-0.3, -0.25) is 9.78 Å². The number of rotatable bonds is 2. The van der Waals surface area contributed by atoms with E-state index >= 15 is 0 Å². The van der Waals surface area contributed by atoms with Crippen molar-refractivity contribution in [2.75, 3.05) is 5.32 Å². The second kappa shape index (κ2) is 5.14. The van der Waals surface area contributed by atoms with Crippen LogP contribution in [0.4, 0.5) is 5.82 Å². The number of aromatic nitrogens is 2. The van der Waals surface area contributed by atoms with Crippen LogP contribution >= 0.6 is 11.6 Å². The van der Waals surface area contributed by atoms with Crippen LogP contribution in [0.3, 0.4) is 0 Å². The van der Waals surface area contributed by atoms with Crippen LogP contribution in [0, 0.1) is 13.8 Å². The first kappa shape index (κ1) is 12.5. The van der Waals surface area contributed by atoms with Crippen LogP contribution in [0.5, 0.6) is 0 Å². The number of nitrogens with zero attached hydrogens (tertiary/aromatic N) is 2. The number of hydrogen-bond donors (Lipinski definition) is 1. The standard InChI is InChI=1S/C13H12ClN3O/c1-8-6-9(2)16-12(11(8)14)17-13(18)10-4-3-5-15-7-10/h3-7H,1-2H3,(H,16,17,18). The summed E-state index contributed by atoms with van der Waals surface area (Å²) in [6.07, 6.45) is 3.10. The molecule has 92 valence electrons. The number of amides is 1. The zero-order valence-corrected chi connectivity index (χ0v) is 10.8. The molecule has 2 rings (SSSR count). The molecule has 0 aliphatic heterocycles. The number of nitrogens with one attached hydrogen (secondary N) is 1. The van der Waals surface area contributed by atoms with Gasteiger partial charge in [0.1, 0.15) is 0 Å². The molecule has 18 heavy (non-hydrogen) atoms. The fourth-order valence-corrected chi connectivity index (χ4v) is 1.72. The highest BCUT2D eigenvalue weighted by atomic mass is 35.5. The fourth-order valence-electron chi connectivity index (χ4n) is 1.58. The smallest absolute Gasteiger partial charge is 0.258 e. The quantitative estimate of drug-likeness (QED) is 0.904. The molecule has 0 unspecified atom stereocenters. The Morgan fingerprint density at radius 2 is 2.17 bits per heavy atom. The zero-order valence-electron chi connectivity index (χ0n) is 10.1. The summed E-state index contributed by atoms with van der Waals surface area (Å²) in [6, 6.07) is 5.24. The SMILES string of the molecule is Cc1cc(C)c(Cl)c(NC(=O)c2cccnc2)n1. The summed E-state index contributed by atoms with van der Waals surface area (Å²) < 4.78 is 0. The average Bonchev–Trinajstić information content (AvgIpc) is 2.36. The van der Waals surface area contributed by atoms with E-state index in [1.165, 1.54) is 6.20 Å². The van der Waals surface area contributed by atoms with Gasteiger partial charge in [-0.15, -0.1) is 0 Å². The Morgan fingerprint density at radius 1 is 1.39 bits per heavy atom. The molecule has 0 fully saturated rings. The molecular weight excluding hydrogens is 250 g/mol. The third-order valence-electron chi connectivity index (χ3n) is 2.42. The van der Waals surface area contributed by atoms with Crippen molar-refractivity contribution in [1.29, 1.82) is 0 Å². The van der Waals surface area contributed by atoms with Gasteiger partial charge in [-0.05, 0) is 37.6 Å².